The average molecular weight is 377 g/mol. The maximum absolute atomic E-state index is 12.3. The zero-order valence-electron chi connectivity index (χ0n) is 11.8. The van der Waals surface area contributed by atoms with E-state index in [2.05, 4.69) is 26.6 Å². The van der Waals surface area contributed by atoms with E-state index in [1.807, 2.05) is 31.3 Å². The van der Waals surface area contributed by atoms with Crippen LogP contribution in [0.3, 0.4) is 0 Å². The smallest absolute Gasteiger partial charge is 0.239 e. The molecule has 1 aromatic rings. The second-order valence-electron chi connectivity index (χ2n) is 4.71. The highest BCUT2D eigenvalue weighted by Crippen LogP contribution is 2.27. The van der Waals surface area contributed by atoms with Crippen LogP contribution < -0.4 is 15.5 Å². The number of halogens is 2. The first kappa shape index (κ1) is 17.9. The van der Waals surface area contributed by atoms with Crippen LogP contribution in [0.1, 0.15) is 6.42 Å². The summed E-state index contributed by atoms with van der Waals surface area (Å²) < 4.78 is 0.921. The molecule has 0 spiro atoms. The van der Waals surface area contributed by atoms with Crippen molar-refractivity contribution in [2.75, 3.05) is 31.6 Å². The number of rotatable bonds is 5. The van der Waals surface area contributed by atoms with Crippen LogP contribution in [0.15, 0.2) is 28.7 Å². The van der Waals surface area contributed by atoms with E-state index < -0.39 is 5.92 Å². The standard InChI is InChI=1S/C14H18BrN3O2.ClH/c1-16-6-7-17-13(19)12-5-8-18(14(12)20)11-4-2-3-10(15)9-11;/h2-4,9,12,16H,5-8H2,1H3,(H,17,19);1H. The Kier molecular flexibility index (Phi) is 7.14. The predicted octanol–water partition coefficient (Wildman–Crippen LogP) is 1.56. The minimum Gasteiger partial charge on any atom is -0.354 e. The highest BCUT2D eigenvalue weighted by molar-refractivity contribution is 9.10. The maximum Gasteiger partial charge on any atom is 0.239 e. The Morgan fingerprint density at radius 3 is 2.86 bits per heavy atom. The first-order chi connectivity index (χ1) is 9.63. The number of carbonyl (C=O) groups excluding carboxylic acids is 2. The molecule has 0 radical (unpaired) electrons. The zero-order chi connectivity index (χ0) is 14.5. The summed E-state index contributed by atoms with van der Waals surface area (Å²) in [7, 11) is 1.82. The van der Waals surface area contributed by atoms with Gasteiger partial charge in [-0.25, -0.2) is 0 Å². The van der Waals surface area contributed by atoms with Crippen molar-refractivity contribution in [3.05, 3.63) is 28.7 Å². The minimum atomic E-state index is -0.564. The molecular formula is C14H19BrClN3O2. The van der Waals surface area contributed by atoms with Crippen molar-refractivity contribution in [2.45, 2.75) is 6.42 Å². The summed E-state index contributed by atoms with van der Waals surface area (Å²) in [6.07, 6.45) is 0.566. The van der Waals surface area contributed by atoms with Gasteiger partial charge in [0, 0.05) is 29.8 Å². The van der Waals surface area contributed by atoms with E-state index in [-0.39, 0.29) is 24.2 Å². The van der Waals surface area contributed by atoms with Gasteiger partial charge in [-0.15, -0.1) is 12.4 Å². The van der Waals surface area contributed by atoms with Crippen molar-refractivity contribution in [1.82, 2.24) is 10.6 Å². The Bertz CT molecular complexity index is 513. The lowest BCUT2D eigenvalue weighted by Crippen LogP contribution is -2.39. The Morgan fingerprint density at radius 2 is 2.19 bits per heavy atom. The molecule has 116 valence electrons. The van der Waals surface area contributed by atoms with Gasteiger partial charge in [0.15, 0.2) is 0 Å². The van der Waals surface area contributed by atoms with Crippen molar-refractivity contribution in [3.63, 3.8) is 0 Å². The van der Waals surface area contributed by atoms with E-state index in [0.29, 0.717) is 26.1 Å². The molecule has 1 aromatic carbocycles. The highest BCUT2D eigenvalue weighted by atomic mass is 79.9. The van der Waals surface area contributed by atoms with Crippen LogP contribution in [0.25, 0.3) is 0 Å². The van der Waals surface area contributed by atoms with Gasteiger partial charge in [-0.1, -0.05) is 22.0 Å². The van der Waals surface area contributed by atoms with E-state index in [0.717, 1.165) is 10.2 Å². The summed E-state index contributed by atoms with van der Waals surface area (Å²) in [4.78, 5) is 26.0. The summed E-state index contributed by atoms with van der Waals surface area (Å²) >= 11 is 3.39. The number of nitrogens with one attached hydrogen (secondary N) is 2. The Balaban J connectivity index is 0.00000220. The largest absolute Gasteiger partial charge is 0.354 e. The third-order valence-electron chi connectivity index (χ3n) is 3.32. The highest BCUT2D eigenvalue weighted by Gasteiger charge is 2.37. The van der Waals surface area contributed by atoms with Gasteiger partial charge in [0.1, 0.15) is 5.92 Å². The molecule has 1 unspecified atom stereocenters. The lowest BCUT2D eigenvalue weighted by atomic mass is 10.1. The van der Waals surface area contributed by atoms with E-state index >= 15 is 0 Å². The van der Waals surface area contributed by atoms with Crippen molar-refractivity contribution >= 4 is 45.8 Å². The van der Waals surface area contributed by atoms with Gasteiger partial charge >= 0.3 is 0 Å². The van der Waals surface area contributed by atoms with Crippen molar-refractivity contribution in [1.29, 1.82) is 0 Å². The number of carbonyl (C=O) groups is 2. The first-order valence-corrected chi connectivity index (χ1v) is 7.42. The average Bonchev–Trinajstić information content (AvgIpc) is 2.81. The summed E-state index contributed by atoms with van der Waals surface area (Å²) in [5.41, 5.74) is 0.829. The fraction of sp³-hybridized carbons (Fsp3) is 0.429. The Morgan fingerprint density at radius 1 is 1.43 bits per heavy atom. The van der Waals surface area contributed by atoms with Gasteiger partial charge in [-0.05, 0) is 31.7 Å². The molecule has 0 aromatic heterocycles. The number of likely N-dealkylation sites (N-methyl/N-ethyl adjacent to an activating group) is 1. The molecule has 0 saturated carbocycles. The molecule has 1 fully saturated rings. The minimum absolute atomic E-state index is 0. The first-order valence-electron chi connectivity index (χ1n) is 6.62. The normalized spacial score (nSPS) is 17.5. The fourth-order valence-electron chi connectivity index (χ4n) is 2.26. The van der Waals surface area contributed by atoms with E-state index in [9.17, 15) is 9.59 Å². The van der Waals surface area contributed by atoms with Crippen LogP contribution in [0.4, 0.5) is 5.69 Å². The quantitative estimate of drug-likeness (QED) is 0.605. The second kappa shape index (κ2) is 8.36. The van der Waals surface area contributed by atoms with Crippen LogP contribution in [-0.4, -0.2) is 38.5 Å². The number of nitrogens with zero attached hydrogens (tertiary/aromatic N) is 1. The molecule has 0 aliphatic carbocycles. The number of benzene rings is 1. The SMILES string of the molecule is CNCCNC(=O)C1CCN(c2cccc(Br)c2)C1=O.Cl. The number of anilines is 1. The van der Waals surface area contributed by atoms with Gasteiger partial charge in [0.2, 0.25) is 11.8 Å². The van der Waals surface area contributed by atoms with Gasteiger partial charge < -0.3 is 15.5 Å². The van der Waals surface area contributed by atoms with Gasteiger partial charge in [-0.3, -0.25) is 9.59 Å². The molecule has 7 heteroatoms. The Hall–Kier alpha value is -1.11. The Labute approximate surface area is 139 Å². The molecule has 1 aliphatic heterocycles. The molecular weight excluding hydrogens is 358 g/mol. The molecule has 1 saturated heterocycles. The molecule has 5 nitrogen and oxygen atoms in total. The van der Waals surface area contributed by atoms with Crippen LogP contribution in [-0.2, 0) is 9.59 Å². The third-order valence-corrected chi connectivity index (χ3v) is 3.81. The second-order valence-corrected chi connectivity index (χ2v) is 5.62. The van der Waals surface area contributed by atoms with Crippen molar-refractivity contribution in [3.8, 4) is 0 Å². The van der Waals surface area contributed by atoms with Crippen LogP contribution in [0.5, 0.6) is 0 Å². The lowest BCUT2D eigenvalue weighted by molar-refractivity contribution is -0.132. The number of amides is 2. The molecule has 2 rings (SSSR count). The molecule has 21 heavy (non-hydrogen) atoms. The van der Waals surface area contributed by atoms with Gasteiger partial charge in [0.05, 0.1) is 0 Å². The maximum atomic E-state index is 12.3. The van der Waals surface area contributed by atoms with Crippen molar-refractivity contribution in [2.24, 2.45) is 5.92 Å². The molecule has 1 aliphatic rings. The molecule has 1 heterocycles. The summed E-state index contributed by atoms with van der Waals surface area (Å²) in [6.45, 7) is 1.82. The van der Waals surface area contributed by atoms with Crippen LogP contribution in [0, 0.1) is 5.92 Å². The molecule has 2 N–H and O–H groups in total. The monoisotopic (exact) mass is 375 g/mol. The van der Waals surface area contributed by atoms with E-state index in [4.69, 9.17) is 0 Å². The third kappa shape index (κ3) is 4.43. The van der Waals surface area contributed by atoms with Crippen LogP contribution in [0.2, 0.25) is 0 Å². The lowest BCUT2D eigenvalue weighted by Gasteiger charge is -2.17. The van der Waals surface area contributed by atoms with E-state index in [1.54, 1.807) is 4.90 Å². The zero-order valence-corrected chi connectivity index (χ0v) is 14.2. The number of hydrogen-bond acceptors (Lipinski definition) is 3. The van der Waals surface area contributed by atoms with E-state index in [1.165, 1.54) is 0 Å². The van der Waals surface area contributed by atoms with Crippen LogP contribution >= 0.6 is 28.3 Å². The fourth-order valence-corrected chi connectivity index (χ4v) is 2.64. The van der Waals surface area contributed by atoms with Gasteiger partial charge in [-0.2, -0.15) is 0 Å². The number of hydrogen-bond donors (Lipinski definition) is 2. The summed E-state index contributed by atoms with van der Waals surface area (Å²) in [5.74, 6) is -0.862. The van der Waals surface area contributed by atoms with Crippen molar-refractivity contribution < 1.29 is 9.59 Å². The predicted molar refractivity (Wildman–Crippen MR) is 88.8 cm³/mol. The molecule has 1 atom stereocenters. The topological polar surface area (TPSA) is 61.4 Å². The molecule has 2 amide bonds. The summed E-state index contributed by atoms with van der Waals surface area (Å²) in [6, 6.07) is 7.56. The molecule has 0 bridgehead atoms. The summed E-state index contributed by atoms with van der Waals surface area (Å²) in [5, 5.41) is 5.73. The van der Waals surface area contributed by atoms with Gasteiger partial charge in [0.25, 0.3) is 0 Å².